The molecule has 0 fully saturated rings. The summed E-state index contributed by atoms with van der Waals surface area (Å²) in [5, 5.41) is 2.37. The molecule has 2 amide bonds. The first-order valence-electron chi connectivity index (χ1n) is 8.85. The summed E-state index contributed by atoms with van der Waals surface area (Å²) < 4.78 is 47.0. The van der Waals surface area contributed by atoms with E-state index in [-0.39, 0.29) is 23.5 Å². The van der Waals surface area contributed by atoms with Crippen molar-refractivity contribution in [1.29, 1.82) is 0 Å². The normalized spacial score (nSPS) is 11.4. The van der Waals surface area contributed by atoms with Crippen molar-refractivity contribution in [3.05, 3.63) is 71.2 Å². The number of anilines is 1. The second-order valence-electron chi connectivity index (χ2n) is 6.85. The Bertz CT molecular complexity index is 1090. The smallest absolute Gasteiger partial charge is 0.416 e. The summed E-state index contributed by atoms with van der Waals surface area (Å²) in [5.74, 6) is -0.181. The molecule has 0 spiro atoms. The second-order valence-corrected chi connectivity index (χ2v) is 6.85. The first-order chi connectivity index (χ1) is 14.0. The van der Waals surface area contributed by atoms with Crippen LogP contribution in [0.3, 0.4) is 0 Å². The first-order valence-corrected chi connectivity index (χ1v) is 8.85. The molecule has 2 aromatic heterocycles. The van der Waals surface area contributed by atoms with Crippen molar-refractivity contribution in [3.63, 3.8) is 0 Å². The summed E-state index contributed by atoms with van der Waals surface area (Å²) in [6.07, 6.45) is -1.88. The summed E-state index contributed by atoms with van der Waals surface area (Å²) in [6.45, 7) is 1.83. The van der Waals surface area contributed by atoms with E-state index in [0.29, 0.717) is 11.5 Å². The Kier molecular flexibility index (Phi) is 5.68. The van der Waals surface area contributed by atoms with Crippen molar-refractivity contribution in [2.75, 3.05) is 12.4 Å². The van der Waals surface area contributed by atoms with Gasteiger partial charge in [-0.2, -0.15) is 13.2 Å². The summed E-state index contributed by atoms with van der Waals surface area (Å²) in [4.78, 5) is 30.1. The molecule has 10 heteroatoms. The molecule has 158 valence electrons. The fourth-order valence-corrected chi connectivity index (χ4v) is 2.81. The first kappa shape index (κ1) is 21.2. The number of hydrogen-bond acceptors (Lipinski definition) is 4. The van der Waals surface area contributed by atoms with Crippen LogP contribution >= 0.6 is 0 Å². The number of hydrogen-bond donors (Lipinski definition) is 1. The number of rotatable bonds is 5. The number of halogens is 3. The van der Waals surface area contributed by atoms with E-state index < -0.39 is 23.6 Å². The van der Waals surface area contributed by atoms with Gasteiger partial charge < -0.3 is 19.2 Å². The van der Waals surface area contributed by atoms with Gasteiger partial charge in [0.1, 0.15) is 17.2 Å². The van der Waals surface area contributed by atoms with Gasteiger partial charge in [-0.25, -0.2) is 4.98 Å². The van der Waals surface area contributed by atoms with E-state index in [4.69, 9.17) is 4.42 Å². The quantitative estimate of drug-likeness (QED) is 0.680. The molecule has 0 unspecified atom stereocenters. The molecule has 0 aliphatic heterocycles. The van der Waals surface area contributed by atoms with Crippen molar-refractivity contribution in [2.45, 2.75) is 19.6 Å². The van der Waals surface area contributed by atoms with Gasteiger partial charge in [0.25, 0.3) is 11.8 Å². The molecule has 30 heavy (non-hydrogen) atoms. The maximum atomic E-state index is 13.4. The van der Waals surface area contributed by atoms with E-state index in [2.05, 4.69) is 10.3 Å². The van der Waals surface area contributed by atoms with Gasteiger partial charge in [-0.1, -0.05) is 0 Å². The Morgan fingerprint density at radius 2 is 1.97 bits per heavy atom. The Morgan fingerprint density at radius 3 is 2.53 bits per heavy atom. The molecule has 0 bridgehead atoms. The van der Waals surface area contributed by atoms with E-state index in [1.165, 1.54) is 35.1 Å². The van der Waals surface area contributed by atoms with Crippen LogP contribution in [0.15, 0.2) is 47.3 Å². The topological polar surface area (TPSA) is 80.4 Å². The Labute approximate surface area is 170 Å². The minimum atomic E-state index is -4.70. The zero-order valence-electron chi connectivity index (χ0n) is 16.4. The highest BCUT2D eigenvalue weighted by Gasteiger charge is 2.32. The van der Waals surface area contributed by atoms with E-state index in [0.717, 1.165) is 12.1 Å². The van der Waals surface area contributed by atoms with Gasteiger partial charge in [0.05, 0.1) is 18.4 Å². The number of nitrogens with one attached hydrogen (secondary N) is 1. The average Bonchev–Trinajstić information content (AvgIpc) is 3.28. The molecule has 0 aliphatic rings. The fourth-order valence-electron chi connectivity index (χ4n) is 2.81. The van der Waals surface area contributed by atoms with E-state index in [9.17, 15) is 22.8 Å². The molecule has 1 N–H and O–H groups in total. The predicted molar refractivity (Wildman–Crippen MR) is 102 cm³/mol. The standard InChI is InChI=1S/C20H19F3N4O3/c1-12-4-5-16(30-12)9-27(3)19(29)13-6-14(20(21,22)23)8-15(7-13)25-18(28)17-10-26(2)11-24-17/h4-8,10-11H,9H2,1-3H3,(H,25,28). The fraction of sp³-hybridized carbons (Fsp3) is 0.250. The number of aryl methyl sites for hydroxylation is 2. The van der Waals surface area contributed by atoms with Gasteiger partial charge >= 0.3 is 6.18 Å². The molecule has 2 heterocycles. The minimum Gasteiger partial charge on any atom is -0.464 e. The number of benzene rings is 1. The Hall–Kier alpha value is -3.56. The Morgan fingerprint density at radius 1 is 1.23 bits per heavy atom. The number of alkyl halides is 3. The van der Waals surface area contributed by atoms with Crippen LogP contribution in [0.2, 0.25) is 0 Å². The monoisotopic (exact) mass is 420 g/mol. The van der Waals surface area contributed by atoms with E-state index in [1.807, 2.05) is 0 Å². The van der Waals surface area contributed by atoms with Gasteiger partial charge in [0.2, 0.25) is 0 Å². The van der Waals surface area contributed by atoms with Crippen LogP contribution < -0.4 is 5.32 Å². The second kappa shape index (κ2) is 8.05. The molecule has 0 aliphatic carbocycles. The average molecular weight is 420 g/mol. The zero-order chi connectivity index (χ0) is 22.1. The van der Waals surface area contributed by atoms with Gasteiger partial charge in [0, 0.05) is 31.5 Å². The number of carbonyl (C=O) groups is 2. The predicted octanol–water partition coefficient (Wildman–Crippen LogP) is 3.86. The van der Waals surface area contributed by atoms with Crippen LogP contribution in [-0.4, -0.2) is 33.3 Å². The van der Waals surface area contributed by atoms with Crippen LogP contribution in [0.5, 0.6) is 0 Å². The molecule has 0 saturated heterocycles. The number of nitrogens with zero attached hydrogens (tertiary/aromatic N) is 3. The molecule has 3 rings (SSSR count). The molecular formula is C20H19F3N4O3. The summed E-state index contributed by atoms with van der Waals surface area (Å²) >= 11 is 0. The highest BCUT2D eigenvalue weighted by Crippen LogP contribution is 2.32. The number of aromatic nitrogens is 2. The lowest BCUT2D eigenvalue weighted by Gasteiger charge is -2.18. The molecular weight excluding hydrogens is 401 g/mol. The molecule has 0 atom stereocenters. The lowest BCUT2D eigenvalue weighted by molar-refractivity contribution is -0.137. The highest BCUT2D eigenvalue weighted by atomic mass is 19.4. The number of amides is 2. The van der Waals surface area contributed by atoms with Crippen LogP contribution in [-0.2, 0) is 19.8 Å². The van der Waals surface area contributed by atoms with Crippen molar-refractivity contribution < 1.29 is 27.2 Å². The number of furan rings is 1. The third kappa shape index (κ3) is 4.88. The van der Waals surface area contributed by atoms with Gasteiger partial charge in [-0.3, -0.25) is 9.59 Å². The largest absolute Gasteiger partial charge is 0.464 e. The SMILES string of the molecule is Cc1ccc(CN(C)C(=O)c2cc(NC(=O)c3cn(C)cn3)cc(C(F)(F)F)c2)o1. The van der Waals surface area contributed by atoms with Crippen molar-refractivity contribution in [2.24, 2.45) is 7.05 Å². The number of imidazole rings is 1. The van der Waals surface area contributed by atoms with Crippen LogP contribution in [0.1, 0.15) is 37.9 Å². The van der Waals surface area contributed by atoms with Gasteiger partial charge in [-0.15, -0.1) is 0 Å². The van der Waals surface area contributed by atoms with Crippen molar-refractivity contribution in [3.8, 4) is 0 Å². The molecule has 3 aromatic rings. The maximum Gasteiger partial charge on any atom is 0.416 e. The summed E-state index contributed by atoms with van der Waals surface area (Å²) in [7, 11) is 3.10. The molecule has 1 aromatic carbocycles. The van der Waals surface area contributed by atoms with Gasteiger partial charge in [0.15, 0.2) is 0 Å². The lowest BCUT2D eigenvalue weighted by atomic mass is 10.1. The van der Waals surface area contributed by atoms with Crippen molar-refractivity contribution in [1.82, 2.24) is 14.5 Å². The third-order valence-electron chi connectivity index (χ3n) is 4.24. The van der Waals surface area contributed by atoms with Crippen LogP contribution in [0.25, 0.3) is 0 Å². The number of carbonyl (C=O) groups excluding carboxylic acids is 2. The maximum absolute atomic E-state index is 13.4. The Balaban J connectivity index is 1.88. The van der Waals surface area contributed by atoms with Gasteiger partial charge in [-0.05, 0) is 37.3 Å². The summed E-state index contributed by atoms with van der Waals surface area (Å²) in [5.41, 5.74) is -1.39. The third-order valence-corrected chi connectivity index (χ3v) is 4.24. The van der Waals surface area contributed by atoms with Crippen LogP contribution in [0.4, 0.5) is 18.9 Å². The van der Waals surface area contributed by atoms with E-state index >= 15 is 0 Å². The molecule has 7 nitrogen and oxygen atoms in total. The highest BCUT2D eigenvalue weighted by molar-refractivity contribution is 6.04. The molecule has 0 radical (unpaired) electrons. The van der Waals surface area contributed by atoms with Crippen molar-refractivity contribution >= 4 is 17.5 Å². The van der Waals surface area contributed by atoms with E-state index in [1.54, 1.807) is 26.1 Å². The summed E-state index contributed by atoms with van der Waals surface area (Å²) in [6, 6.07) is 6.13. The minimum absolute atomic E-state index is 0.0353. The lowest BCUT2D eigenvalue weighted by Crippen LogP contribution is -2.26. The zero-order valence-corrected chi connectivity index (χ0v) is 16.4. The van der Waals surface area contributed by atoms with Crippen LogP contribution in [0, 0.1) is 6.92 Å². The molecule has 0 saturated carbocycles.